The maximum atomic E-state index is 12.6. The van der Waals surface area contributed by atoms with Gasteiger partial charge in [-0.15, -0.1) is 0 Å². The summed E-state index contributed by atoms with van der Waals surface area (Å²) in [5, 5.41) is 3.02. The number of ether oxygens (including phenoxy) is 1. The number of nitrogens with zero attached hydrogens (tertiary/aromatic N) is 1. The van der Waals surface area contributed by atoms with Crippen LogP contribution in [0.15, 0.2) is 78.2 Å². The van der Waals surface area contributed by atoms with Crippen LogP contribution in [-0.2, 0) is 0 Å². The monoisotopic (exact) mass is 332 g/mol. The minimum absolute atomic E-state index is 0.143. The molecule has 25 heavy (non-hydrogen) atoms. The van der Waals surface area contributed by atoms with Gasteiger partial charge in [0.2, 0.25) is 0 Å². The smallest absolute Gasteiger partial charge is 0.255 e. The van der Waals surface area contributed by atoms with Crippen molar-refractivity contribution >= 4 is 11.5 Å². The lowest BCUT2D eigenvalue weighted by Gasteiger charge is -2.18. The number of hydrogen-bond donors (Lipinski definition) is 1. The minimum atomic E-state index is -0.143. The van der Waals surface area contributed by atoms with E-state index in [1.54, 1.807) is 37.6 Å². The van der Waals surface area contributed by atoms with Crippen LogP contribution < -0.4 is 10.1 Å². The number of pyridine rings is 1. The van der Waals surface area contributed by atoms with Gasteiger partial charge in [0.1, 0.15) is 5.75 Å². The van der Waals surface area contributed by atoms with Crippen molar-refractivity contribution in [2.75, 3.05) is 7.11 Å². The third-order valence-corrected chi connectivity index (χ3v) is 4.15. The molecule has 0 fully saturated rings. The zero-order valence-corrected chi connectivity index (χ0v) is 14.3. The number of hydrogen-bond acceptors (Lipinski definition) is 3. The predicted molar refractivity (Wildman–Crippen MR) is 99.1 cm³/mol. The second-order valence-corrected chi connectivity index (χ2v) is 5.71. The molecule has 1 amide bonds. The molecule has 0 radical (unpaired) electrons. The fourth-order valence-corrected chi connectivity index (χ4v) is 2.71. The van der Waals surface area contributed by atoms with Crippen LogP contribution in [0.4, 0.5) is 0 Å². The van der Waals surface area contributed by atoms with E-state index in [-0.39, 0.29) is 5.91 Å². The van der Waals surface area contributed by atoms with Crippen LogP contribution in [0.3, 0.4) is 0 Å². The lowest BCUT2D eigenvalue weighted by atomic mass is 9.96. The van der Waals surface area contributed by atoms with Gasteiger partial charge in [0, 0.05) is 17.5 Å². The number of allylic oxidation sites excluding steroid dienone is 5. The Morgan fingerprint density at radius 1 is 1.16 bits per heavy atom. The molecule has 4 heteroatoms. The van der Waals surface area contributed by atoms with E-state index >= 15 is 0 Å². The highest BCUT2D eigenvalue weighted by molar-refractivity contribution is 5.96. The lowest BCUT2D eigenvalue weighted by molar-refractivity contribution is 0.0966. The molecule has 1 N–H and O–H groups in total. The SMILES string of the molecule is COc1ccc(C(=O)NC2=CC=CCC2=C(C)c2ccccn2)cc1. The van der Waals surface area contributed by atoms with Gasteiger partial charge in [0.15, 0.2) is 0 Å². The van der Waals surface area contributed by atoms with Crippen LogP contribution in [0, 0.1) is 0 Å². The van der Waals surface area contributed by atoms with Crippen LogP contribution >= 0.6 is 0 Å². The third-order valence-electron chi connectivity index (χ3n) is 4.15. The maximum Gasteiger partial charge on any atom is 0.255 e. The number of benzene rings is 1. The molecule has 1 aromatic heterocycles. The van der Waals surface area contributed by atoms with E-state index in [9.17, 15) is 4.79 Å². The van der Waals surface area contributed by atoms with Crippen molar-refractivity contribution in [3.63, 3.8) is 0 Å². The first-order valence-corrected chi connectivity index (χ1v) is 8.13. The topological polar surface area (TPSA) is 51.2 Å². The van der Waals surface area contributed by atoms with Crippen LogP contribution in [0.5, 0.6) is 5.75 Å². The Balaban J connectivity index is 1.85. The molecule has 1 heterocycles. The molecule has 0 saturated heterocycles. The molecule has 126 valence electrons. The summed E-state index contributed by atoms with van der Waals surface area (Å²) in [5.74, 6) is 0.582. The van der Waals surface area contributed by atoms with Gasteiger partial charge in [0.05, 0.1) is 12.8 Å². The fraction of sp³-hybridized carbons (Fsp3) is 0.143. The zero-order chi connectivity index (χ0) is 17.6. The molecule has 0 unspecified atom stereocenters. The van der Waals surface area contributed by atoms with Crippen LogP contribution in [0.2, 0.25) is 0 Å². The van der Waals surface area contributed by atoms with Gasteiger partial charge in [-0.05, 0) is 67.0 Å². The van der Waals surface area contributed by atoms with E-state index in [1.165, 1.54) is 0 Å². The van der Waals surface area contributed by atoms with E-state index < -0.39 is 0 Å². The number of aromatic nitrogens is 1. The molecule has 0 saturated carbocycles. The first kappa shape index (κ1) is 16.7. The Bertz CT molecular complexity index is 847. The standard InChI is InChI=1S/C21H20N2O2/c1-15(19-8-5-6-14-22-19)18-7-3-4-9-20(18)23-21(24)16-10-12-17(25-2)13-11-16/h3-6,8-14H,7H2,1-2H3,(H,23,24). The van der Waals surface area contributed by atoms with Crippen LogP contribution in [0.1, 0.15) is 29.4 Å². The highest BCUT2D eigenvalue weighted by Crippen LogP contribution is 2.27. The quantitative estimate of drug-likeness (QED) is 0.915. The Hall–Kier alpha value is -3.14. The molecule has 2 aromatic rings. The molecule has 0 atom stereocenters. The van der Waals surface area contributed by atoms with Gasteiger partial charge >= 0.3 is 0 Å². The number of amides is 1. The highest BCUT2D eigenvalue weighted by Gasteiger charge is 2.15. The second kappa shape index (κ2) is 7.62. The van der Waals surface area contributed by atoms with Crippen LogP contribution in [-0.4, -0.2) is 18.0 Å². The zero-order valence-electron chi connectivity index (χ0n) is 14.3. The second-order valence-electron chi connectivity index (χ2n) is 5.71. The van der Waals surface area contributed by atoms with Gasteiger partial charge in [-0.2, -0.15) is 0 Å². The normalized spacial score (nSPS) is 15.4. The Morgan fingerprint density at radius 2 is 1.96 bits per heavy atom. The van der Waals surface area contributed by atoms with Crippen molar-refractivity contribution in [1.29, 1.82) is 0 Å². The molecule has 1 aliphatic rings. The van der Waals surface area contributed by atoms with E-state index in [0.29, 0.717) is 5.56 Å². The first-order valence-electron chi connectivity index (χ1n) is 8.13. The summed E-state index contributed by atoms with van der Waals surface area (Å²) >= 11 is 0. The molecular formula is C21H20N2O2. The third kappa shape index (κ3) is 3.86. The highest BCUT2D eigenvalue weighted by atomic mass is 16.5. The van der Waals surface area contributed by atoms with Gasteiger partial charge in [-0.25, -0.2) is 0 Å². The average molecular weight is 332 g/mol. The predicted octanol–water partition coefficient (Wildman–Crippen LogP) is 4.14. The number of rotatable bonds is 4. The summed E-state index contributed by atoms with van der Waals surface area (Å²) < 4.78 is 5.13. The number of carbonyl (C=O) groups is 1. The van der Waals surface area contributed by atoms with Crippen LogP contribution in [0.25, 0.3) is 5.57 Å². The summed E-state index contributed by atoms with van der Waals surface area (Å²) in [6.07, 6.45) is 8.49. The molecule has 0 bridgehead atoms. The largest absolute Gasteiger partial charge is 0.497 e. The van der Waals surface area contributed by atoms with Crippen molar-refractivity contribution in [2.24, 2.45) is 0 Å². The molecular weight excluding hydrogens is 312 g/mol. The van der Waals surface area contributed by atoms with Gasteiger partial charge in [-0.3, -0.25) is 9.78 Å². The Labute approximate surface area is 147 Å². The summed E-state index contributed by atoms with van der Waals surface area (Å²) in [5.41, 5.74) is 4.45. The van der Waals surface area contributed by atoms with Gasteiger partial charge < -0.3 is 10.1 Å². The van der Waals surface area contributed by atoms with Gasteiger partial charge in [-0.1, -0.05) is 18.2 Å². The van der Waals surface area contributed by atoms with E-state index in [2.05, 4.69) is 16.4 Å². The lowest BCUT2D eigenvalue weighted by Crippen LogP contribution is -2.24. The van der Waals surface area contributed by atoms with Crippen molar-refractivity contribution in [3.8, 4) is 5.75 Å². The number of carbonyl (C=O) groups excluding carboxylic acids is 1. The maximum absolute atomic E-state index is 12.6. The molecule has 1 aromatic carbocycles. The molecule has 3 rings (SSSR count). The number of methoxy groups -OCH3 is 1. The summed E-state index contributed by atoms with van der Waals surface area (Å²) in [4.78, 5) is 17.0. The minimum Gasteiger partial charge on any atom is -0.497 e. The van der Waals surface area contributed by atoms with Gasteiger partial charge in [0.25, 0.3) is 5.91 Å². The number of nitrogens with one attached hydrogen (secondary N) is 1. The Kier molecular flexibility index (Phi) is 5.09. The fourth-order valence-electron chi connectivity index (χ4n) is 2.71. The van der Waals surface area contributed by atoms with Crippen molar-refractivity contribution in [2.45, 2.75) is 13.3 Å². The molecule has 0 aliphatic heterocycles. The molecule has 4 nitrogen and oxygen atoms in total. The Morgan fingerprint density at radius 3 is 2.64 bits per heavy atom. The first-order chi connectivity index (χ1) is 12.2. The summed E-state index contributed by atoms with van der Waals surface area (Å²) in [7, 11) is 1.60. The molecule has 0 spiro atoms. The average Bonchev–Trinajstić information content (AvgIpc) is 2.68. The summed E-state index contributed by atoms with van der Waals surface area (Å²) in [6, 6.07) is 12.9. The van der Waals surface area contributed by atoms with Crippen molar-refractivity contribution in [1.82, 2.24) is 10.3 Å². The van der Waals surface area contributed by atoms with E-state index in [1.807, 2.05) is 37.3 Å². The van der Waals surface area contributed by atoms with Crippen molar-refractivity contribution in [3.05, 3.63) is 89.4 Å². The van der Waals surface area contributed by atoms with Crippen molar-refractivity contribution < 1.29 is 9.53 Å². The summed E-state index contributed by atoms with van der Waals surface area (Å²) in [6.45, 7) is 2.03. The van der Waals surface area contributed by atoms with E-state index in [0.717, 1.165) is 34.7 Å². The van der Waals surface area contributed by atoms with E-state index in [4.69, 9.17) is 4.74 Å². The molecule has 1 aliphatic carbocycles.